The first-order valence-electron chi connectivity index (χ1n) is 8.48. The maximum Gasteiger partial charge on any atom is 0.253 e. The van der Waals surface area contributed by atoms with E-state index in [1.807, 2.05) is 35.2 Å². The van der Waals surface area contributed by atoms with Crippen molar-refractivity contribution >= 4 is 11.8 Å². The van der Waals surface area contributed by atoms with Crippen LogP contribution in [0.3, 0.4) is 0 Å². The van der Waals surface area contributed by atoms with Crippen molar-refractivity contribution in [3.8, 4) is 0 Å². The Morgan fingerprint density at radius 1 is 1.12 bits per heavy atom. The Hall–Kier alpha value is -2.73. The van der Waals surface area contributed by atoms with Gasteiger partial charge in [-0.15, -0.1) is 0 Å². The lowest BCUT2D eigenvalue weighted by atomic mass is 10.0. The van der Waals surface area contributed by atoms with Crippen LogP contribution in [-0.2, 0) is 11.2 Å². The number of hydrogen-bond donors (Lipinski definition) is 2. The fraction of sp³-hybridized carbons (Fsp3) is 0.316. The van der Waals surface area contributed by atoms with Gasteiger partial charge in [-0.2, -0.15) is 0 Å². The number of piperazine rings is 1. The van der Waals surface area contributed by atoms with Gasteiger partial charge in [-0.25, -0.2) is 0 Å². The SMILES string of the molecule is O=C(NC(Cc1ccccc1)C(=O)N1CCNCC1)c1cccnc1. The van der Waals surface area contributed by atoms with Gasteiger partial charge in [0.1, 0.15) is 6.04 Å². The van der Waals surface area contributed by atoms with E-state index in [0.29, 0.717) is 25.1 Å². The number of carbonyl (C=O) groups excluding carboxylic acids is 2. The number of nitrogens with zero attached hydrogens (tertiary/aromatic N) is 2. The Balaban J connectivity index is 1.75. The quantitative estimate of drug-likeness (QED) is 0.848. The third-order valence-electron chi connectivity index (χ3n) is 4.24. The fourth-order valence-electron chi connectivity index (χ4n) is 2.89. The number of benzene rings is 1. The highest BCUT2D eigenvalue weighted by Gasteiger charge is 2.27. The second-order valence-corrected chi connectivity index (χ2v) is 6.03. The second-order valence-electron chi connectivity index (χ2n) is 6.03. The van der Waals surface area contributed by atoms with Crippen molar-refractivity contribution in [2.45, 2.75) is 12.5 Å². The molecule has 1 aliphatic heterocycles. The minimum absolute atomic E-state index is 0.0393. The molecule has 0 spiro atoms. The number of nitrogens with one attached hydrogen (secondary N) is 2. The Kier molecular flexibility index (Phi) is 5.74. The molecule has 2 amide bonds. The second kappa shape index (κ2) is 8.39. The van der Waals surface area contributed by atoms with Crippen molar-refractivity contribution in [3.05, 3.63) is 66.0 Å². The molecule has 2 aromatic rings. The number of pyridine rings is 1. The Labute approximate surface area is 147 Å². The predicted molar refractivity (Wildman–Crippen MR) is 95.1 cm³/mol. The van der Waals surface area contributed by atoms with E-state index < -0.39 is 6.04 Å². The molecule has 2 N–H and O–H groups in total. The van der Waals surface area contributed by atoms with Gasteiger partial charge in [0, 0.05) is 45.0 Å². The minimum atomic E-state index is -0.590. The van der Waals surface area contributed by atoms with Gasteiger partial charge in [0.2, 0.25) is 5.91 Å². The molecule has 3 rings (SSSR count). The average Bonchev–Trinajstić information content (AvgIpc) is 2.69. The Bertz CT molecular complexity index is 700. The van der Waals surface area contributed by atoms with Crippen molar-refractivity contribution in [2.75, 3.05) is 26.2 Å². The first-order valence-corrected chi connectivity index (χ1v) is 8.48. The van der Waals surface area contributed by atoms with Gasteiger partial charge >= 0.3 is 0 Å². The van der Waals surface area contributed by atoms with Crippen LogP contribution >= 0.6 is 0 Å². The first kappa shape index (κ1) is 17.1. The molecular formula is C19H22N4O2. The predicted octanol–water partition coefficient (Wildman–Crippen LogP) is 0.855. The van der Waals surface area contributed by atoms with Crippen LogP contribution in [0.25, 0.3) is 0 Å². The lowest BCUT2D eigenvalue weighted by Crippen LogP contribution is -2.54. The zero-order valence-electron chi connectivity index (χ0n) is 14.0. The highest BCUT2D eigenvalue weighted by Crippen LogP contribution is 2.08. The van der Waals surface area contributed by atoms with Gasteiger partial charge in [0.15, 0.2) is 0 Å². The van der Waals surface area contributed by atoms with Crippen LogP contribution in [0.1, 0.15) is 15.9 Å². The van der Waals surface area contributed by atoms with Crippen LogP contribution in [-0.4, -0.2) is 53.9 Å². The van der Waals surface area contributed by atoms with Crippen LogP contribution in [0.5, 0.6) is 0 Å². The molecule has 1 fully saturated rings. The maximum atomic E-state index is 12.9. The van der Waals surface area contributed by atoms with E-state index >= 15 is 0 Å². The zero-order chi connectivity index (χ0) is 17.5. The van der Waals surface area contributed by atoms with Crippen molar-refractivity contribution in [3.63, 3.8) is 0 Å². The van der Waals surface area contributed by atoms with E-state index in [-0.39, 0.29) is 11.8 Å². The van der Waals surface area contributed by atoms with E-state index in [2.05, 4.69) is 15.6 Å². The van der Waals surface area contributed by atoms with Crippen molar-refractivity contribution < 1.29 is 9.59 Å². The molecule has 0 aliphatic carbocycles. The summed E-state index contributed by atoms with van der Waals surface area (Å²) in [6.07, 6.45) is 3.59. The van der Waals surface area contributed by atoms with Gasteiger partial charge in [-0.05, 0) is 17.7 Å². The lowest BCUT2D eigenvalue weighted by molar-refractivity contribution is -0.133. The molecule has 1 saturated heterocycles. The molecule has 0 radical (unpaired) electrons. The standard InChI is InChI=1S/C19H22N4O2/c24-18(16-7-4-8-21-14-16)22-17(13-15-5-2-1-3-6-15)19(25)23-11-9-20-10-12-23/h1-8,14,17,20H,9-13H2,(H,22,24). The van der Waals surface area contributed by atoms with Gasteiger partial charge in [0.25, 0.3) is 5.91 Å². The molecular weight excluding hydrogens is 316 g/mol. The monoisotopic (exact) mass is 338 g/mol. The molecule has 130 valence electrons. The number of aromatic nitrogens is 1. The third kappa shape index (κ3) is 4.64. The molecule has 1 unspecified atom stereocenters. The van der Waals surface area contributed by atoms with E-state index in [0.717, 1.165) is 18.7 Å². The maximum absolute atomic E-state index is 12.9. The van der Waals surface area contributed by atoms with Crippen LogP contribution in [0.4, 0.5) is 0 Å². The van der Waals surface area contributed by atoms with E-state index in [4.69, 9.17) is 0 Å². The van der Waals surface area contributed by atoms with Gasteiger partial charge in [0.05, 0.1) is 5.56 Å². The highest BCUT2D eigenvalue weighted by molar-refractivity contribution is 5.97. The normalized spacial score (nSPS) is 15.4. The van der Waals surface area contributed by atoms with E-state index in [9.17, 15) is 9.59 Å². The third-order valence-corrected chi connectivity index (χ3v) is 4.24. The van der Waals surface area contributed by atoms with Crippen LogP contribution in [0.15, 0.2) is 54.9 Å². The molecule has 1 aliphatic rings. The number of amides is 2. The lowest BCUT2D eigenvalue weighted by Gasteiger charge is -2.31. The van der Waals surface area contributed by atoms with Gasteiger partial charge in [-0.1, -0.05) is 30.3 Å². The molecule has 6 heteroatoms. The Morgan fingerprint density at radius 2 is 1.88 bits per heavy atom. The molecule has 0 bridgehead atoms. The Morgan fingerprint density at radius 3 is 2.56 bits per heavy atom. The van der Waals surface area contributed by atoms with Crippen LogP contribution in [0, 0.1) is 0 Å². The van der Waals surface area contributed by atoms with Crippen molar-refractivity contribution in [1.29, 1.82) is 0 Å². The summed E-state index contributed by atoms with van der Waals surface area (Å²) in [5.41, 5.74) is 1.47. The van der Waals surface area contributed by atoms with Crippen LogP contribution < -0.4 is 10.6 Å². The van der Waals surface area contributed by atoms with Gasteiger partial charge in [-0.3, -0.25) is 14.6 Å². The summed E-state index contributed by atoms with van der Waals surface area (Å²) in [5.74, 6) is -0.319. The average molecular weight is 338 g/mol. The highest BCUT2D eigenvalue weighted by atomic mass is 16.2. The number of rotatable bonds is 5. The summed E-state index contributed by atoms with van der Waals surface area (Å²) < 4.78 is 0. The molecule has 1 atom stereocenters. The summed E-state index contributed by atoms with van der Waals surface area (Å²) >= 11 is 0. The topological polar surface area (TPSA) is 74.3 Å². The van der Waals surface area contributed by atoms with Crippen molar-refractivity contribution in [2.24, 2.45) is 0 Å². The summed E-state index contributed by atoms with van der Waals surface area (Å²) in [4.78, 5) is 31.2. The number of hydrogen-bond acceptors (Lipinski definition) is 4. The summed E-state index contributed by atoms with van der Waals surface area (Å²) in [7, 11) is 0. The fourth-order valence-corrected chi connectivity index (χ4v) is 2.89. The molecule has 1 aromatic heterocycles. The molecule has 2 heterocycles. The molecule has 1 aromatic carbocycles. The van der Waals surface area contributed by atoms with Crippen molar-refractivity contribution in [1.82, 2.24) is 20.5 Å². The first-order chi connectivity index (χ1) is 12.2. The minimum Gasteiger partial charge on any atom is -0.340 e. The molecule has 25 heavy (non-hydrogen) atoms. The zero-order valence-corrected chi connectivity index (χ0v) is 14.0. The molecule has 6 nitrogen and oxygen atoms in total. The summed E-state index contributed by atoms with van der Waals surface area (Å²) in [6, 6.07) is 12.5. The van der Waals surface area contributed by atoms with Gasteiger partial charge < -0.3 is 15.5 Å². The smallest absolute Gasteiger partial charge is 0.253 e. The van der Waals surface area contributed by atoms with Crippen LogP contribution in [0.2, 0.25) is 0 Å². The number of carbonyl (C=O) groups is 2. The molecule has 0 saturated carbocycles. The summed E-state index contributed by atoms with van der Waals surface area (Å²) in [6.45, 7) is 2.88. The van der Waals surface area contributed by atoms with E-state index in [1.54, 1.807) is 18.3 Å². The largest absolute Gasteiger partial charge is 0.340 e. The summed E-state index contributed by atoms with van der Waals surface area (Å²) in [5, 5.41) is 6.12. The van der Waals surface area contributed by atoms with E-state index in [1.165, 1.54) is 6.20 Å².